The molecule has 2 nitrogen and oxygen atoms in total. The molecule has 0 amide bonds. The van der Waals surface area contributed by atoms with Crippen LogP contribution in [0.25, 0.3) is 0 Å². The first-order chi connectivity index (χ1) is 7.06. The molecule has 0 heterocycles. The first-order valence-corrected chi connectivity index (χ1v) is 5.51. The molecule has 84 valence electrons. The van der Waals surface area contributed by atoms with Gasteiger partial charge in [0.1, 0.15) is 6.61 Å². The lowest BCUT2D eigenvalue weighted by Crippen LogP contribution is -2.30. The van der Waals surface area contributed by atoms with Crippen LogP contribution >= 0.6 is 0 Å². The van der Waals surface area contributed by atoms with Crippen molar-refractivity contribution in [1.29, 1.82) is 0 Å². The van der Waals surface area contributed by atoms with Gasteiger partial charge in [-0.25, -0.2) is 0 Å². The number of rotatable bonds is 3. The largest absolute Gasteiger partial charge is 0.461 e. The van der Waals surface area contributed by atoms with E-state index in [4.69, 9.17) is 4.74 Å². The van der Waals surface area contributed by atoms with E-state index in [0.717, 1.165) is 6.42 Å². The van der Waals surface area contributed by atoms with Crippen LogP contribution in [0.3, 0.4) is 0 Å². The predicted molar refractivity (Wildman–Crippen MR) is 61.3 cm³/mol. The minimum atomic E-state index is -0.0818. The molecule has 0 aromatic heterocycles. The highest BCUT2D eigenvalue weighted by atomic mass is 16.5. The Morgan fingerprint density at radius 2 is 2.33 bits per heavy atom. The van der Waals surface area contributed by atoms with E-state index < -0.39 is 0 Å². The Bertz CT molecular complexity index is 278. The van der Waals surface area contributed by atoms with Gasteiger partial charge in [0.05, 0.1) is 5.92 Å². The van der Waals surface area contributed by atoms with Gasteiger partial charge in [-0.05, 0) is 25.2 Å². The second kappa shape index (κ2) is 5.15. The van der Waals surface area contributed by atoms with Crippen molar-refractivity contribution in [3.05, 3.63) is 24.3 Å². The van der Waals surface area contributed by atoms with Crippen LogP contribution in [0.4, 0.5) is 0 Å². The summed E-state index contributed by atoms with van der Waals surface area (Å²) in [6.45, 7) is 10.2. The van der Waals surface area contributed by atoms with E-state index in [1.54, 1.807) is 6.08 Å². The Morgan fingerprint density at radius 3 is 2.93 bits per heavy atom. The molecule has 1 aliphatic rings. The zero-order valence-electron chi connectivity index (χ0n) is 9.82. The van der Waals surface area contributed by atoms with E-state index in [9.17, 15) is 4.79 Å². The van der Waals surface area contributed by atoms with Gasteiger partial charge >= 0.3 is 5.97 Å². The summed E-state index contributed by atoms with van der Waals surface area (Å²) in [7, 11) is 0. The third-order valence-corrected chi connectivity index (χ3v) is 3.20. The Balaban J connectivity index is 2.65. The fourth-order valence-corrected chi connectivity index (χ4v) is 2.11. The molecule has 0 spiro atoms. The summed E-state index contributed by atoms with van der Waals surface area (Å²) in [5, 5.41) is 0. The minimum absolute atomic E-state index is 0.0185. The molecule has 1 rings (SSSR count). The number of carbonyl (C=O) groups is 1. The van der Waals surface area contributed by atoms with Crippen LogP contribution in [0, 0.1) is 17.8 Å². The van der Waals surface area contributed by atoms with Crippen LogP contribution < -0.4 is 0 Å². The Labute approximate surface area is 92.0 Å². The molecular weight excluding hydrogens is 188 g/mol. The quantitative estimate of drug-likeness (QED) is 0.526. The van der Waals surface area contributed by atoms with E-state index in [2.05, 4.69) is 33.4 Å². The lowest BCUT2D eigenvalue weighted by molar-refractivity contribution is -0.149. The van der Waals surface area contributed by atoms with Crippen molar-refractivity contribution < 1.29 is 9.53 Å². The number of esters is 1. The van der Waals surface area contributed by atoms with Gasteiger partial charge in [-0.2, -0.15) is 0 Å². The molecule has 3 atom stereocenters. The zero-order valence-corrected chi connectivity index (χ0v) is 9.82. The molecule has 0 aromatic carbocycles. The second-order valence-corrected chi connectivity index (χ2v) is 4.46. The Morgan fingerprint density at radius 1 is 1.67 bits per heavy atom. The molecule has 0 unspecified atom stereocenters. The number of carbonyl (C=O) groups excluding carboxylic acids is 1. The van der Waals surface area contributed by atoms with Crippen LogP contribution in [0.15, 0.2) is 24.3 Å². The third kappa shape index (κ3) is 2.95. The van der Waals surface area contributed by atoms with Gasteiger partial charge in [-0.1, -0.05) is 38.2 Å². The maximum atomic E-state index is 11.8. The highest BCUT2D eigenvalue weighted by Crippen LogP contribution is 2.34. The molecule has 2 heteroatoms. The molecular formula is C13H20O2. The van der Waals surface area contributed by atoms with Crippen LogP contribution in [-0.2, 0) is 9.53 Å². The molecule has 15 heavy (non-hydrogen) atoms. The average Bonchev–Trinajstić information content (AvgIpc) is 2.19. The van der Waals surface area contributed by atoms with Crippen molar-refractivity contribution >= 4 is 5.97 Å². The van der Waals surface area contributed by atoms with Crippen molar-refractivity contribution in [3.63, 3.8) is 0 Å². The molecule has 0 saturated carbocycles. The van der Waals surface area contributed by atoms with Gasteiger partial charge in [-0.15, -0.1) is 0 Å². The van der Waals surface area contributed by atoms with E-state index in [1.807, 2.05) is 0 Å². The zero-order chi connectivity index (χ0) is 11.4. The number of hydrogen-bond donors (Lipinski definition) is 0. The summed E-state index contributed by atoms with van der Waals surface area (Å²) in [5.41, 5.74) is 1.29. The molecule has 0 aliphatic heterocycles. The molecule has 0 bridgehead atoms. The fraction of sp³-hybridized carbons (Fsp3) is 0.615. The van der Waals surface area contributed by atoms with Gasteiger partial charge in [0.2, 0.25) is 0 Å². The van der Waals surface area contributed by atoms with Gasteiger partial charge in [0.25, 0.3) is 0 Å². The predicted octanol–water partition coefficient (Wildman–Crippen LogP) is 2.95. The van der Waals surface area contributed by atoms with Crippen molar-refractivity contribution in [2.45, 2.75) is 27.2 Å². The normalized spacial score (nSPS) is 30.6. The molecule has 0 saturated heterocycles. The minimum Gasteiger partial charge on any atom is -0.461 e. The summed E-state index contributed by atoms with van der Waals surface area (Å²) in [6, 6.07) is 0. The van der Waals surface area contributed by atoms with Gasteiger partial charge < -0.3 is 4.74 Å². The Kier molecular flexibility index (Phi) is 4.13. The standard InChI is InChI=1S/C13H20O2/c1-5-6-15-13(14)12-8-9(2)7-10(3)11(12)4/h5,7,10-12H,1,6,8H2,2-4H3/t10-,11-,12-/m1/s1. The summed E-state index contributed by atoms with van der Waals surface area (Å²) in [5.74, 6) is 0.762. The smallest absolute Gasteiger partial charge is 0.309 e. The SMILES string of the molecule is C=CCOC(=O)[C@@H]1CC(C)=C[C@@H](C)[C@H]1C. The maximum Gasteiger partial charge on any atom is 0.309 e. The van der Waals surface area contributed by atoms with Gasteiger partial charge in [0.15, 0.2) is 0 Å². The van der Waals surface area contributed by atoms with E-state index in [1.165, 1.54) is 5.57 Å². The van der Waals surface area contributed by atoms with E-state index >= 15 is 0 Å². The summed E-state index contributed by atoms with van der Waals surface area (Å²) < 4.78 is 5.11. The first-order valence-electron chi connectivity index (χ1n) is 5.51. The van der Waals surface area contributed by atoms with Gasteiger partial charge in [-0.3, -0.25) is 4.79 Å². The highest BCUT2D eigenvalue weighted by molar-refractivity contribution is 5.73. The third-order valence-electron chi connectivity index (χ3n) is 3.20. The maximum absolute atomic E-state index is 11.8. The van der Waals surface area contributed by atoms with Crippen molar-refractivity contribution in [2.24, 2.45) is 17.8 Å². The molecule has 0 fully saturated rings. The number of ether oxygens (including phenoxy) is 1. The lowest BCUT2D eigenvalue weighted by atomic mass is 9.75. The number of allylic oxidation sites excluding steroid dienone is 2. The lowest BCUT2D eigenvalue weighted by Gasteiger charge is -2.30. The van der Waals surface area contributed by atoms with Crippen LogP contribution in [0.2, 0.25) is 0 Å². The summed E-state index contributed by atoms with van der Waals surface area (Å²) in [4.78, 5) is 11.8. The van der Waals surface area contributed by atoms with Gasteiger partial charge in [0, 0.05) is 0 Å². The monoisotopic (exact) mass is 208 g/mol. The van der Waals surface area contributed by atoms with Crippen LogP contribution in [-0.4, -0.2) is 12.6 Å². The first kappa shape index (κ1) is 12.0. The highest BCUT2D eigenvalue weighted by Gasteiger charge is 2.32. The fourth-order valence-electron chi connectivity index (χ4n) is 2.11. The molecule has 1 aliphatic carbocycles. The summed E-state index contributed by atoms with van der Waals surface area (Å²) in [6.07, 6.45) is 4.70. The topological polar surface area (TPSA) is 26.3 Å². The number of hydrogen-bond acceptors (Lipinski definition) is 2. The van der Waals surface area contributed by atoms with Crippen molar-refractivity contribution in [2.75, 3.05) is 6.61 Å². The van der Waals surface area contributed by atoms with Crippen LogP contribution in [0.1, 0.15) is 27.2 Å². The van der Waals surface area contributed by atoms with Crippen LogP contribution in [0.5, 0.6) is 0 Å². The average molecular weight is 208 g/mol. The van der Waals surface area contributed by atoms with Crippen molar-refractivity contribution in [3.8, 4) is 0 Å². The van der Waals surface area contributed by atoms with Crippen molar-refractivity contribution in [1.82, 2.24) is 0 Å². The molecule has 0 N–H and O–H groups in total. The summed E-state index contributed by atoms with van der Waals surface area (Å²) >= 11 is 0. The van der Waals surface area contributed by atoms with E-state index in [0.29, 0.717) is 18.4 Å². The van der Waals surface area contributed by atoms with E-state index in [-0.39, 0.29) is 11.9 Å². The molecule has 0 aromatic rings. The second-order valence-electron chi connectivity index (χ2n) is 4.46. The molecule has 0 radical (unpaired) electrons. The Hall–Kier alpha value is -1.05.